The summed E-state index contributed by atoms with van der Waals surface area (Å²) in [4.78, 5) is 34.5. The number of hydrogen-bond donors (Lipinski definition) is 0. The number of piperidine rings is 2. The van der Waals surface area contributed by atoms with E-state index < -0.39 is 0 Å². The van der Waals surface area contributed by atoms with Crippen molar-refractivity contribution in [1.82, 2.24) is 19.5 Å². The van der Waals surface area contributed by atoms with E-state index >= 15 is 0 Å². The monoisotopic (exact) mass is 435 g/mol. The zero-order valence-electron chi connectivity index (χ0n) is 18.8. The Morgan fingerprint density at radius 1 is 0.750 bits per heavy atom. The molecule has 170 valence electrons. The van der Waals surface area contributed by atoms with E-state index in [0.717, 1.165) is 75.6 Å². The Bertz CT molecular complexity index is 989. The molecule has 8 heteroatoms. The Morgan fingerprint density at radius 3 is 2.03 bits per heavy atom. The van der Waals surface area contributed by atoms with Crippen molar-refractivity contribution >= 4 is 17.8 Å². The first-order chi connectivity index (χ1) is 15.7. The highest BCUT2D eigenvalue weighted by molar-refractivity contribution is 5.48. The maximum atomic E-state index is 12.4. The van der Waals surface area contributed by atoms with E-state index in [1.165, 1.54) is 38.5 Å². The largest absolute Gasteiger partial charge is 0.341 e. The minimum atomic E-state index is 0.126. The van der Waals surface area contributed by atoms with Gasteiger partial charge in [-0.25, -0.2) is 0 Å². The van der Waals surface area contributed by atoms with Crippen molar-refractivity contribution in [2.45, 2.75) is 64.0 Å². The highest BCUT2D eigenvalue weighted by Gasteiger charge is 2.38. The van der Waals surface area contributed by atoms with E-state index in [9.17, 15) is 4.79 Å². The van der Waals surface area contributed by atoms with E-state index in [1.807, 2.05) is 10.6 Å². The molecule has 2 aromatic heterocycles. The van der Waals surface area contributed by atoms with Gasteiger partial charge in [-0.2, -0.15) is 15.0 Å². The van der Waals surface area contributed by atoms with Crippen molar-refractivity contribution in [3.05, 3.63) is 34.2 Å². The van der Waals surface area contributed by atoms with Crippen molar-refractivity contribution < 1.29 is 0 Å². The predicted octanol–water partition coefficient (Wildman–Crippen LogP) is 2.47. The highest BCUT2D eigenvalue weighted by atomic mass is 16.1. The first kappa shape index (κ1) is 20.0. The molecule has 0 N–H and O–H groups in total. The van der Waals surface area contributed by atoms with Crippen LogP contribution in [0.1, 0.15) is 50.6 Å². The second-order valence-corrected chi connectivity index (χ2v) is 9.91. The molecule has 3 saturated heterocycles. The van der Waals surface area contributed by atoms with Gasteiger partial charge < -0.3 is 19.3 Å². The number of aromatic nitrogens is 4. The SMILES string of the molecule is O=c1cccc2n1C[C@H]1C[C@@H](C2)N(c2nc(N3CCCCC3)nc(N3CCCCC3)n2)C1. The Kier molecular flexibility index (Phi) is 5.23. The quantitative estimate of drug-likeness (QED) is 0.733. The fourth-order valence-electron chi connectivity index (χ4n) is 5.98. The average Bonchev–Trinajstić information content (AvgIpc) is 3.13. The van der Waals surface area contributed by atoms with Gasteiger partial charge in [0.1, 0.15) is 0 Å². The van der Waals surface area contributed by atoms with Crippen molar-refractivity contribution in [2.24, 2.45) is 5.92 Å². The van der Waals surface area contributed by atoms with Gasteiger partial charge in [0.05, 0.1) is 0 Å². The molecule has 6 heterocycles. The third-order valence-corrected chi connectivity index (χ3v) is 7.66. The molecule has 2 aromatic rings. The lowest BCUT2D eigenvalue weighted by Crippen LogP contribution is -2.39. The number of rotatable bonds is 3. The van der Waals surface area contributed by atoms with Crippen LogP contribution in [-0.4, -0.2) is 58.3 Å². The van der Waals surface area contributed by atoms with Crippen LogP contribution in [-0.2, 0) is 13.0 Å². The van der Waals surface area contributed by atoms with Gasteiger partial charge in [-0.1, -0.05) is 6.07 Å². The van der Waals surface area contributed by atoms with Gasteiger partial charge in [0.2, 0.25) is 17.8 Å². The van der Waals surface area contributed by atoms with E-state index in [2.05, 4.69) is 20.8 Å². The predicted molar refractivity (Wildman–Crippen MR) is 126 cm³/mol. The van der Waals surface area contributed by atoms with Crippen LogP contribution in [0.25, 0.3) is 0 Å². The van der Waals surface area contributed by atoms with Gasteiger partial charge in [0, 0.05) is 63.5 Å². The smallest absolute Gasteiger partial charge is 0.250 e. The van der Waals surface area contributed by atoms with Crippen LogP contribution in [0.15, 0.2) is 23.0 Å². The standard InChI is InChI=1S/C24H33N7O/c32-21-9-7-8-19-15-20-14-18(16-30(19)21)17-31(20)24-26-22(28-10-3-1-4-11-28)25-23(27-24)29-12-5-2-6-13-29/h7-9,18,20H,1-6,10-17H2/t18-,20+/m1/s1. The van der Waals surface area contributed by atoms with E-state index in [0.29, 0.717) is 12.0 Å². The first-order valence-corrected chi connectivity index (χ1v) is 12.5. The summed E-state index contributed by atoms with van der Waals surface area (Å²) in [6.07, 6.45) is 9.38. The van der Waals surface area contributed by atoms with Gasteiger partial charge in [0.25, 0.3) is 5.56 Å². The second-order valence-electron chi connectivity index (χ2n) is 9.91. The van der Waals surface area contributed by atoms with Gasteiger partial charge in [-0.3, -0.25) is 4.79 Å². The summed E-state index contributed by atoms with van der Waals surface area (Å²) in [5.41, 5.74) is 1.26. The van der Waals surface area contributed by atoms with Crippen molar-refractivity contribution in [3.63, 3.8) is 0 Å². The zero-order valence-corrected chi connectivity index (χ0v) is 18.8. The Hall–Kier alpha value is -2.64. The molecule has 4 aliphatic rings. The summed E-state index contributed by atoms with van der Waals surface area (Å²) in [5.74, 6) is 2.99. The molecule has 32 heavy (non-hydrogen) atoms. The van der Waals surface area contributed by atoms with Crippen LogP contribution in [0.2, 0.25) is 0 Å². The average molecular weight is 436 g/mol. The third-order valence-electron chi connectivity index (χ3n) is 7.66. The summed E-state index contributed by atoms with van der Waals surface area (Å²) in [6.45, 7) is 5.84. The molecular formula is C24H33N7O. The highest BCUT2D eigenvalue weighted by Crippen LogP contribution is 2.34. The van der Waals surface area contributed by atoms with Gasteiger partial charge in [-0.05, 0) is 56.9 Å². The molecule has 8 nitrogen and oxygen atoms in total. The minimum absolute atomic E-state index is 0.126. The fourth-order valence-corrected chi connectivity index (χ4v) is 5.98. The van der Waals surface area contributed by atoms with Crippen LogP contribution in [0.4, 0.5) is 17.8 Å². The molecule has 0 aliphatic carbocycles. The molecule has 2 bridgehead atoms. The lowest BCUT2D eigenvalue weighted by Gasteiger charge is -2.32. The molecule has 6 rings (SSSR count). The topological polar surface area (TPSA) is 70.4 Å². The van der Waals surface area contributed by atoms with Gasteiger partial charge in [-0.15, -0.1) is 0 Å². The van der Waals surface area contributed by atoms with E-state index in [-0.39, 0.29) is 5.56 Å². The molecular weight excluding hydrogens is 402 g/mol. The van der Waals surface area contributed by atoms with Gasteiger partial charge >= 0.3 is 0 Å². The maximum absolute atomic E-state index is 12.4. The maximum Gasteiger partial charge on any atom is 0.250 e. The molecule has 0 spiro atoms. The Balaban J connectivity index is 1.35. The zero-order chi connectivity index (χ0) is 21.5. The normalized spacial score (nSPS) is 25.6. The summed E-state index contributed by atoms with van der Waals surface area (Å²) in [5, 5.41) is 0. The molecule has 0 unspecified atom stereocenters. The summed E-state index contributed by atoms with van der Waals surface area (Å²) in [6, 6.07) is 6.01. The fraction of sp³-hybridized carbons (Fsp3) is 0.667. The molecule has 4 aliphatic heterocycles. The number of hydrogen-bond acceptors (Lipinski definition) is 7. The van der Waals surface area contributed by atoms with E-state index in [1.54, 1.807) is 6.07 Å². The summed E-state index contributed by atoms with van der Waals surface area (Å²) in [7, 11) is 0. The van der Waals surface area contributed by atoms with Crippen LogP contribution < -0.4 is 20.3 Å². The van der Waals surface area contributed by atoms with Crippen LogP contribution in [0.3, 0.4) is 0 Å². The third kappa shape index (κ3) is 3.73. The van der Waals surface area contributed by atoms with Crippen LogP contribution >= 0.6 is 0 Å². The molecule has 0 aromatic carbocycles. The minimum Gasteiger partial charge on any atom is -0.341 e. The number of fused-ring (bicyclic) bond motifs is 3. The molecule has 3 fully saturated rings. The number of pyridine rings is 1. The molecule has 0 saturated carbocycles. The number of nitrogens with zero attached hydrogens (tertiary/aromatic N) is 7. The molecule has 2 atom stereocenters. The van der Waals surface area contributed by atoms with Crippen molar-refractivity contribution in [1.29, 1.82) is 0 Å². The first-order valence-electron chi connectivity index (χ1n) is 12.5. The molecule has 0 amide bonds. The lowest BCUT2D eigenvalue weighted by atomic mass is 10.1. The molecule has 0 radical (unpaired) electrons. The summed E-state index contributed by atoms with van der Waals surface area (Å²) < 4.78 is 1.98. The Labute approximate surface area is 189 Å². The number of anilines is 3. The Morgan fingerprint density at radius 2 is 1.38 bits per heavy atom. The van der Waals surface area contributed by atoms with Crippen LogP contribution in [0.5, 0.6) is 0 Å². The summed E-state index contributed by atoms with van der Waals surface area (Å²) >= 11 is 0. The lowest BCUT2D eigenvalue weighted by molar-refractivity contribution is 0.477. The van der Waals surface area contributed by atoms with Gasteiger partial charge in [0.15, 0.2) is 0 Å². The van der Waals surface area contributed by atoms with Crippen molar-refractivity contribution in [2.75, 3.05) is 47.4 Å². The van der Waals surface area contributed by atoms with Crippen molar-refractivity contribution in [3.8, 4) is 0 Å². The second kappa shape index (κ2) is 8.37. The van der Waals surface area contributed by atoms with E-state index in [4.69, 9.17) is 15.0 Å². The van der Waals surface area contributed by atoms with Crippen LogP contribution in [0, 0.1) is 5.92 Å².